The van der Waals surface area contributed by atoms with E-state index in [2.05, 4.69) is 15.5 Å². The first-order chi connectivity index (χ1) is 13.3. The molecule has 0 aliphatic carbocycles. The molecule has 28 heavy (non-hydrogen) atoms. The van der Waals surface area contributed by atoms with E-state index < -0.39 is 14.8 Å². The highest BCUT2D eigenvalue weighted by Gasteiger charge is 2.18. The normalized spacial score (nSPS) is 11.2. The van der Waals surface area contributed by atoms with Crippen LogP contribution in [0.4, 0.5) is 5.69 Å². The lowest BCUT2D eigenvalue weighted by Gasteiger charge is -2.09. The zero-order chi connectivity index (χ0) is 20.3. The zero-order valence-corrected chi connectivity index (χ0v) is 15.7. The number of ether oxygens (including phenoxy) is 2. The molecule has 2 aromatic carbocycles. The van der Waals surface area contributed by atoms with Gasteiger partial charge in [0.15, 0.2) is 28.0 Å². The van der Waals surface area contributed by atoms with Crippen LogP contribution in [-0.4, -0.2) is 46.9 Å². The van der Waals surface area contributed by atoms with E-state index in [0.29, 0.717) is 11.4 Å². The van der Waals surface area contributed by atoms with Gasteiger partial charge in [0.05, 0.1) is 28.7 Å². The Kier molecular flexibility index (Phi) is 5.22. The second kappa shape index (κ2) is 7.60. The van der Waals surface area contributed by atoms with Gasteiger partial charge in [-0.3, -0.25) is 10.1 Å². The van der Waals surface area contributed by atoms with Crippen molar-refractivity contribution in [2.45, 2.75) is 11.5 Å². The molecule has 11 nitrogen and oxygen atoms in total. The predicted molar refractivity (Wildman–Crippen MR) is 96.2 cm³/mol. The van der Waals surface area contributed by atoms with Gasteiger partial charge in [-0.25, -0.2) is 8.42 Å². The molecule has 0 amide bonds. The maximum Gasteiger partial charge on any atom is 0.314 e. The standard InChI is InChI=1S/C16H15N5O6S/c1-26-12-5-8-15(14(9-12)21(22)23)27-10-16-17-18-19-20(16)11-3-6-13(7-4-11)28(2,24)25/h3-9H,10H2,1-2H3. The monoisotopic (exact) mass is 405 g/mol. The van der Waals surface area contributed by atoms with Gasteiger partial charge in [-0.1, -0.05) is 0 Å². The summed E-state index contributed by atoms with van der Waals surface area (Å²) in [4.78, 5) is 10.8. The predicted octanol–water partition coefficient (Wildman–Crippen LogP) is 1.56. The number of rotatable bonds is 7. The van der Waals surface area contributed by atoms with Crippen LogP contribution in [0.15, 0.2) is 47.4 Å². The van der Waals surface area contributed by atoms with Crippen LogP contribution in [-0.2, 0) is 16.4 Å². The number of methoxy groups -OCH3 is 1. The summed E-state index contributed by atoms with van der Waals surface area (Å²) in [7, 11) is -1.92. The summed E-state index contributed by atoms with van der Waals surface area (Å²) < 4.78 is 35.0. The first-order valence-corrected chi connectivity index (χ1v) is 9.71. The first kappa shape index (κ1) is 19.2. The largest absolute Gasteiger partial charge is 0.496 e. The summed E-state index contributed by atoms with van der Waals surface area (Å²) in [5.41, 5.74) is 0.260. The molecule has 0 bridgehead atoms. The lowest BCUT2D eigenvalue weighted by Crippen LogP contribution is -2.08. The molecule has 1 aromatic heterocycles. The van der Waals surface area contributed by atoms with Gasteiger partial charge in [0.1, 0.15) is 5.75 Å². The second-order valence-corrected chi connectivity index (χ2v) is 7.67. The van der Waals surface area contributed by atoms with Crippen LogP contribution in [0.1, 0.15) is 5.82 Å². The zero-order valence-electron chi connectivity index (χ0n) is 14.8. The molecule has 0 aliphatic rings. The highest BCUT2D eigenvalue weighted by molar-refractivity contribution is 7.90. The van der Waals surface area contributed by atoms with Crippen molar-refractivity contribution in [1.82, 2.24) is 20.2 Å². The Balaban J connectivity index is 1.83. The van der Waals surface area contributed by atoms with E-state index >= 15 is 0 Å². The Bertz CT molecular complexity index is 1110. The fourth-order valence-electron chi connectivity index (χ4n) is 2.36. The number of nitro groups is 1. The number of benzene rings is 2. The second-order valence-electron chi connectivity index (χ2n) is 5.65. The molecule has 0 N–H and O–H groups in total. The maximum atomic E-state index is 11.6. The minimum absolute atomic E-state index is 0.0350. The van der Waals surface area contributed by atoms with Gasteiger partial charge in [-0.15, -0.1) is 5.10 Å². The van der Waals surface area contributed by atoms with E-state index in [1.54, 1.807) is 12.1 Å². The Hall–Kier alpha value is -3.54. The molecule has 0 radical (unpaired) electrons. The third kappa shape index (κ3) is 4.06. The van der Waals surface area contributed by atoms with Crippen molar-refractivity contribution < 1.29 is 22.8 Å². The molecule has 0 fully saturated rings. The van der Waals surface area contributed by atoms with Crippen LogP contribution in [0.25, 0.3) is 5.69 Å². The smallest absolute Gasteiger partial charge is 0.314 e. The van der Waals surface area contributed by atoms with Crippen molar-refractivity contribution in [3.05, 3.63) is 58.4 Å². The van der Waals surface area contributed by atoms with Crippen molar-refractivity contribution in [2.24, 2.45) is 0 Å². The number of nitrogens with zero attached hydrogens (tertiary/aromatic N) is 5. The highest BCUT2D eigenvalue weighted by atomic mass is 32.2. The molecule has 0 unspecified atom stereocenters. The summed E-state index contributed by atoms with van der Waals surface area (Å²) in [6, 6.07) is 10.2. The first-order valence-electron chi connectivity index (χ1n) is 7.82. The molecular formula is C16H15N5O6S. The third-order valence-corrected chi connectivity index (χ3v) is 4.89. The summed E-state index contributed by atoms with van der Waals surface area (Å²) in [6.45, 7) is -0.145. The minimum atomic E-state index is -3.32. The fourth-order valence-corrected chi connectivity index (χ4v) is 2.99. The van der Waals surface area contributed by atoms with Gasteiger partial charge in [0, 0.05) is 6.26 Å². The number of sulfone groups is 1. The lowest BCUT2D eigenvalue weighted by atomic mass is 10.3. The van der Waals surface area contributed by atoms with Gasteiger partial charge >= 0.3 is 5.69 Å². The average Bonchev–Trinajstić information content (AvgIpc) is 3.14. The molecular weight excluding hydrogens is 390 g/mol. The van der Waals surface area contributed by atoms with Gasteiger partial charge in [-0.2, -0.15) is 4.68 Å². The van der Waals surface area contributed by atoms with Crippen LogP contribution >= 0.6 is 0 Å². The molecule has 3 rings (SSSR count). The van der Waals surface area contributed by atoms with E-state index in [-0.39, 0.29) is 28.8 Å². The van der Waals surface area contributed by atoms with E-state index in [0.717, 1.165) is 6.26 Å². The van der Waals surface area contributed by atoms with Gasteiger partial charge in [-0.05, 0) is 46.8 Å². The Labute approximate surface area is 159 Å². The minimum Gasteiger partial charge on any atom is -0.496 e. The molecule has 12 heteroatoms. The van der Waals surface area contributed by atoms with Gasteiger partial charge in [0.25, 0.3) is 0 Å². The summed E-state index contributed by atoms with van der Waals surface area (Å²) in [6.07, 6.45) is 1.11. The Morgan fingerprint density at radius 1 is 1.18 bits per heavy atom. The van der Waals surface area contributed by atoms with Crippen LogP contribution in [0.2, 0.25) is 0 Å². The summed E-state index contributed by atoms with van der Waals surface area (Å²) in [5.74, 6) is 0.639. The van der Waals surface area contributed by atoms with Crippen molar-refractivity contribution in [3.63, 3.8) is 0 Å². The quantitative estimate of drug-likeness (QED) is 0.423. The highest BCUT2D eigenvalue weighted by Crippen LogP contribution is 2.31. The summed E-state index contributed by atoms with van der Waals surface area (Å²) in [5, 5.41) is 22.5. The number of hydrogen-bond acceptors (Lipinski definition) is 9. The molecule has 1 heterocycles. The Morgan fingerprint density at radius 3 is 2.50 bits per heavy atom. The molecule has 0 saturated heterocycles. The van der Waals surface area contributed by atoms with E-state index in [9.17, 15) is 18.5 Å². The molecule has 146 valence electrons. The van der Waals surface area contributed by atoms with Crippen molar-refractivity contribution in [3.8, 4) is 17.2 Å². The van der Waals surface area contributed by atoms with Crippen LogP contribution in [0.5, 0.6) is 11.5 Å². The van der Waals surface area contributed by atoms with Crippen molar-refractivity contribution >= 4 is 15.5 Å². The van der Waals surface area contributed by atoms with Crippen molar-refractivity contribution in [1.29, 1.82) is 0 Å². The summed E-state index contributed by atoms with van der Waals surface area (Å²) >= 11 is 0. The van der Waals surface area contributed by atoms with Crippen LogP contribution in [0.3, 0.4) is 0 Å². The van der Waals surface area contributed by atoms with E-state index in [1.807, 2.05) is 0 Å². The topological polar surface area (TPSA) is 139 Å². The van der Waals surface area contributed by atoms with E-state index in [1.165, 1.54) is 42.1 Å². The SMILES string of the molecule is COc1ccc(OCc2nnnn2-c2ccc(S(C)(=O)=O)cc2)c([N+](=O)[O-])c1. The Morgan fingerprint density at radius 2 is 1.89 bits per heavy atom. The lowest BCUT2D eigenvalue weighted by molar-refractivity contribution is -0.386. The third-order valence-electron chi connectivity index (χ3n) is 3.76. The molecule has 0 saturated carbocycles. The van der Waals surface area contributed by atoms with Gasteiger partial charge < -0.3 is 9.47 Å². The average molecular weight is 405 g/mol. The maximum absolute atomic E-state index is 11.6. The molecule has 0 aliphatic heterocycles. The number of tetrazole rings is 1. The van der Waals surface area contributed by atoms with Crippen molar-refractivity contribution in [2.75, 3.05) is 13.4 Å². The molecule has 0 atom stereocenters. The van der Waals surface area contributed by atoms with Crippen LogP contribution in [0, 0.1) is 10.1 Å². The van der Waals surface area contributed by atoms with Gasteiger partial charge in [0.2, 0.25) is 0 Å². The fraction of sp³-hybridized carbons (Fsp3) is 0.188. The number of nitro benzene ring substituents is 1. The van der Waals surface area contributed by atoms with Crippen LogP contribution < -0.4 is 9.47 Å². The molecule has 3 aromatic rings. The number of hydrogen-bond donors (Lipinski definition) is 0. The number of aromatic nitrogens is 4. The molecule has 0 spiro atoms. The van der Waals surface area contributed by atoms with E-state index in [4.69, 9.17) is 9.47 Å².